The van der Waals surface area contributed by atoms with Gasteiger partial charge in [0, 0.05) is 39.3 Å². The highest BCUT2D eigenvalue weighted by Crippen LogP contribution is 2.14. The zero-order valence-electron chi connectivity index (χ0n) is 14.5. The summed E-state index contributed by atoms with van der Waals surface area (Å²) in [5.74, 6) is -0.673. The summed E-state index contributed by atoms with van der Waals surface area (Å²) in [4.78, 5) is 30.6. The van der Waals surface area contributed by atoms with Crippen LogP contribution in [0.15, 0.2) is 24.3 Å². The molecule has 2 aliphatic rings. The number of ether oxygens (including phenoxy) is 1. The molecule has 2 amide bonds. The molecule has 0 radical (unpaired) electrons. The number of nitrogens with zero attached hydrogens (tertiary/aromatic N) is 3. The van der Waals surface area contributed by atoms with Gasteiger partial charge >= 0.3 is 0 Å². The number of halogens is 1. The predicted octanol–water partition coefficient (Wildman–Crippen LogP) is 0.831. The molecule has 0 saturated carbocycles. The van der Waals surface area contributed by atoms with Gasteiger partial charge < -0.3 is 14.5 Å². The van der Waals surface area contributed by atoms with E-state index in [0.29, 0.717) is 52.5 Å². The lowest BCUT2D eigenvalue weighted by atomic mass is 10.1. The number of rotatable bonds is 3. The molecule has 0 aromatic heterocycles. The van der Waals surface area contributed by atoms with Crippen molar-refractivity contribution in [2.75, 3.05) is 52.5 Å². The number of morpholine rings is 1. The molecule has 0 unspecified atom stereocenters. The summed E-state index contributed by atoms with van der Waals surface area (Å²) >= 11 is 0. The minimum absolute atomic E-state index is 0.105. The van der Waals surface area contributed by atoms with Crippen molar-refractivity contribution in [3.05, 3.63) is 35.6 Å². The van der Waals surface area contributed by atoms with Gasteiger partial charge in [0.15, 0.2) is 0 Å². The Balaban J connectivity index is 1.55. The minimum atomic E-state index is -0.495. The number of amides is 2. The Morgan fingerprint density at radius 3 is 2.28 bits per heavy atom. The van der Waals surface area contributed by atoms with Crippen LogP contribution in [0.1, 0.15) is 17.3 Å². The Morgan fingerprint density at radius 1 is 1.00 bits per heavy atom. The third kappa shape index (κ3) is 3.99. The first-order chi connectivity index (χ1) is 12.1. The first-order valence-corrected chi connectivity index (χ1v) is 8.72. The van der Waals surface area contributed by atoms with Crippen LogP contribution in [0.5, 0.6) is 0 Å². The van der Waals surface area contributed by atoms with Crippen LogP contribution in [-0.2, 0) is 9.53 Å². The number of hydrogen-bond donors (Lipinski definition) is 0. The molecule has 0 spiro atoms. The van der Waals surface area contributed by atoms with E-state index in [1.165, 1.54) is 12.1 Å². The third-order valence-corrected chi connectivity index (χ3v) is 4.93. The van der Waals surface area contributed by atoms with Gasteiger partial charge in [0.25, 0.3) is 5.91 Å². The molecule has 0 bridgehead atoms. The van der Waals surface area contributed by atoms with Crippen LogP contribution in [0.4, 0.5) is 4.39 Å². The minimum Gasteiger partial charge on any atom is -0.378 e. The monoisotopic (exact) mass is 349 g/mol. The standard InChI is InChI=1S/C18H24FN3O3/c1-14(17(23)22-10-12-25-13-11-22)20-6-8-21(9-7-20)18(24)15-4-2-3-5-16(15)19/h2-5,14H,6-13H2,1H3/t14-/m1/s1. The maximum atomic E-state index is 13.8. The fourth-order valence-electron chi connectivity index (χ4n) is 3.32. The van der Waals surface area contributed by atoms with Crippen LogP contribution in [0.3, 0.4) is 0 Å². The second kappa shape index (κ2) is 7.93. The van der Waals surface area contributed by atoms with Gasteiger partial charge in [-0.25, -0.2) is 4.39 Å². The molecule has 1 aromatic carbocycles. The molecular formula is C18H24FN3O3. The van der Waals surface area contributed by atoms with Gasteiger partial charge in [-0.05, 0) is 19.1 Å². The van der Waals surface area contributed by atoms with E-state index in [0.717, 1.165) is 0 Å². The summed E-state index contributed by atoms with van der Waals surface area (Å²) in [6, 6.07) is 5.82. The van der Waals surface area contributed by atoms with E-state index in [1.54, 1.807) is 17.0 Å². The quantitative estimate of drug-likeness (QED) is 0.811. The summed E-state index contributed by atoms with van der Waals surface area (Å²) in [5.41, 5.74) is 0.105. The van der Waals surface area contributed by atoms with Gasteiger partial charge in [0.2, 0.25) is 5.91 Å². The van der Waals surface area contributed by atoms with E-state index in [1.807, 2.05) is 11.8 Å². The molecule has 136 valence electrons. The number of hydrogen-bond acceptors (Lipinski definition) is 4. The Bertz CT molecular complexity index is 626. The van der Waals surface area contributed by atoms with Crippen LogP contribution in [0.25, 0.3) is 0 Å². The van der Waals surface area contributed by atoms with Crippen molar-refractivity contribution in [2.45, 2.75) is 13.0 Å². The Kier molecular flexibility index (Phi) is 5.65. The highest BCUT2D eigenvalue weighted by Gasteiger charge is 2.31. The maximum Gasteiger partial charge on any atom is 0.256 e. The zero-order chi connectivity index (χ0) is 17.8. The maximum absolute atomic E-state index is 13.8. The first kappa shape index (κ1) is 17.8. The summed E-state index contributed by atoms with van der Waals surface area (Å²) in [6.45, 7) is 6.55. The van der Waals surface area contributed by atoms with Crippen molar-refractivity contribution in [1.82, 2.24) is 14.7 Å². The molecular weight excluding hydrogens is 325 g/mol. The van der Waals surface area contributed by atoms with E-state index in [2.05, 4.69) is 4.90 Å². The lowest BCUT2D eigenvalue weighted by molar-refractivity contribution is -0.141. The van der Waals surface area contributed by atoms with E-state index in [9.17, 15) is 14.0 Å². The Labute approximate surface area is 147 Å². The molecule has 1 atom stereocenters. The molecule has 1 aromatic rings. The summed E-state index contributed by atoms with van der Waals surface area (Å²) in [5, 5.41) is 0. The van der Waals surface area contributed by atoms with Crippen LogP contribution in [-0.4, -0.2) is 85.0 Å². The average Bonchev–Trinajstić information content (AvgIpc) is 2.67. The van der Waals surface area contributed by atoms with E-state index < -0.39 is 5.82 Å². The molecule has 2 saturated heterocycles. The van der Waals surface area contributed by atoms with E-state index in [4.69, 9.17) is 4.74 Å². The van der Waals surface area contributed by atoms with Crippen molar-refractivity contribution in [1.29, 1.82) is 0 Å². The molecule has 0 aliphatic carbocycles. The topological polar surface area (TPSA) is 53.1 Å². The van der Waals surface area contributed by atoms with Crippen LogP contribution in [0, 0.1) is 5.82 Å². The van der Waals surface area contributed by atoms with Gasteiger partial charge in [-0.1, -0.05) is 12.1 Å². The zero-order valence-corrected chi connectivity index (χ0v) is 14.5. The summed E-state index contributed by atoms with van der Waals surface area (Å²) in [6.07, 6.45) is 0. The van der Waals surface area contributed by atoms with Crippen molar-refractivity contribution >= 4 is 11.8 Å². The molecule has 3 rings (SSSR count). The lowest BCUT2D eigenvalue weighted by Crippen LogP contribution is -2.56. The molecule has 6 nitrogen and oxygen atoms in total. The van der Waals surface area contributed by atoms with Crippen molar-refractivity contribution in [3.63, 3.8) is 0 Å². The molecule has 2 aliphatic heterocycles. The van der Waals surface area contributed by atoms with Crippen LogP contribution >= 0.6 is 0 Å². The van der Waals surface area contributed by atoms with Gasteiger partial charge in [-0.3, -0.25) is 14.5 Å². The van der Waals surface area contributed by atoms with Crippen LogP contribution in [0.2, 0.25) is 0 Å². The summed E-state index contributed by atoms with van der Waals surface area (Å²) in [7, 11) is 0. The second-order valence-corrected chi connectivity index (χ2v) is 6.42. The largest absolute Gasteiger partial charge is 0.378 e. The van der Waals surface area contributed by atoms with Gasteiger partial charge in [0.1, 0.15) is 5.82 Å². The number of benzene rings is 1. The highest BCUT2D eigenvalue weighted by atomic mass is 19.1. The molecule has 2 fully saturated rings. The van der Waals surface area contributed by atoms with Gasteiger partial charge in [-0.2, -0.15) is 0 Å². The fourth-order valence-corrected chi connectivity index (χ4v) is 3.32. The fraction of sp³-hybridized carbons (Fsp3) is 0.556. The molecule has 2 heterocycles. The summed E-state index contributed by atoms with van der Waals surface area (Å²) < 4.78 is 19.1. The third-order valence-electron chi connectivity index (χ3n) is 4.93. The highest BCUT2D eigenvalue weighted by molar-refractivity contribution is 5.94. The van der Waals surface area contributed by atoms with Crippen molar-refractivity contribution < 1.29 is 18.7 Å². The van der Waals surface area contributed by atoms with E-state index >= 15 is 0 Å². The Morgan fingerprint density at radius 2 is 1.64 bits per heavy atom. The van der Waals surface area contributed by atoms with Crippen molar-refractivity contribution in [2.24, 2.45) is 0 Å². The second-order valence-electron chi connectivity index (χ2n) is 6.42. The molecule has 0 N–H and O–H groups in total. The SMILES string of the molecule is C[C@H](C(=O)N1CCOCC1)N1CCN(C(=O)c2ccccc2F)CC1. The molecule has 25 heavy (non-hydrogen) atoms. The average molecular weight is 349 g/mol. The van der Waals surface area contributed by atoms with Crippen molar-refractivity contribution in [3.8, 4) is 0 Å². The lowest BCUT2D eigenvalue weighted by Gasteiger charge is -2.39. The van der Waals surface area contributed by atoms with Gasteiger partial charge in [0.05, 0.1) is 24.8 Å². The number of carbonyl (C=O) groups is 2. The Hall–Kier alpha value is -1.99. The number of piperazine rings is 1. The smallest absolute Gasteiger partial charge is 0.256 e. The first-order valence-electron chi connectivity index (χ1n) is 8.72. The van der Waals surface area contributed by atoms with Crippen LogP contribution < -0.4 is 0 Å². The normalized spacial score (nSPS) is 20.4. The van der Waals surface area contributed by atoms with E-state index in [-0.39, 0.29) is 23.4 Å². The molecule has 7 heteroatoms. The predicted molar refractivity (Wildman–Crippen MR) is 90.7 cm³/mol. The van der Waals surface area contributed by atoms with Gasteiger partial charge in [-0.15, -0.1) is 0 Å². The number of carbonyl (C=O) groups excluding carboxylic acids is 2.